The molecule has 0 bridgehead atoms. The Morgan fingerprint density at radius 2 is 2.56 bits per heavy atom. The van der Waals surface area contributed by atoms with Crippen LogP contribution in [0.5, 0.6) is 0 Å². The van der Waals surface area contributed by atoms with Crippen molar-refractivity contribution < 1.29 is 0 Å². The van der Waals surface area contributed by atoms with Crippen LogP contribution in [-0.2, 0) is 0 Å². The molecule has 1 heterocycles. The van der Waals surface area contributed by atoms with Gasteiger partial charge in [-0.3, -0.25) is 5.01 Å². The van der Waals surface area contributed by atoms with Crippen LogP contribution in [0.4, 0.5) is 0 Å². The molecule has 4 heteroatoms. The molecule has 4 nitrogen and oxygen atoms in total. The van der Waals surface area contributed by atoms with Gasteiger partial charge in [-0.1, -0.05) is 0 Å². The molecule has 0 spiro atoms. The molecule has 0 saturated carbocycles. The van der Waals surface area contributed by atoms with Gasteiger partial charge < -0.3 is 5.73 Å². The molecule has 0 aliphatic carbocycles. The van der Waals surface area contributed by atoms with Gasteiger partial charge in [-0.15, -0.1) is 0 Å². The van der Waals surface area contributed by atoms with E-state index in [1.807, 2.05) is 6.07 Å². The first-order valence-electron chi connectivity index (χ1n) is 2.68. The molecule has 0 aromatic rings. The van der Waals surface area contributed by atoms with E-state index >= 15 is 0 Å². The Morgan fingerprint density at radius 3 is 2.78 bits per heavy atom. The van der Waals surface area contributed by atoms with Crippen molar-refractivity contribution in [3.8, 4) is 6.07 Å². The number of hydrazone groups is 1. The fourth-order valence-electron chi connectivity index (χ4n) is 0.684. The lowest BCUT2D eigenvalue weighted by molar-refractivity contribution is 0.271. The first-order valence-corrected chi connectivity index (χ1v) is 2.68. The van der Waals surface area contributed by atoms with E-state index in [9.17, 15) is 0 Å². The Hall–Kier alpha value is -1.08. The number of nitrogens with zero attached hydrogens (tertiary/aromatic N) is 3. The Balaban J connectivity index is 2.65. The van der Waals surface area contributed by atoms with Gasteiger partial charge in [0.1, 0.15) is 12.1 Å². The van der Waals surface area contributed by atoms with Crippen molar-refractivity contribution >= 4 is 6.21 Å². The highest BCUT2D eigenvalue weighted by molar-refractivity contribution is 5.66. The lowest BCUT2D eigenvalue weighted by Crippen LogP contribution is -2.37. The third kappa shape index (κ3) is 0.864. The molecule has 2 atom stereocenters. The number of hydrogen-bond acceptors (Lipinski definition) is 4. The molecule has 0 aromatic heterocycles. The molecular weight excluding hydrogens is 116 g/mol. The molecule has 0 radical (unpaired) electrons. The molecule has 0 aromatic carbocycles. The Labute approximate surface area is 53.6 Å². The summed E-state index contributed by atoms with van der Waals surface area (Å²) in [4.78, 5) is 0. The second kappa shape index (κ2) is 2.03. The van der Waals surface area contributed by atoms with Crippen LogP contribution in [0.25, 0.3) is 0 Å². The number of hydrogen-bond donors (Lipinski definition) is 1. The molecular formula is C5H8N4. The minimum Gasteiger partial charge on any atom is -0.309 e. The van der Waals surface area contributed by atoms with E-state index in [4.69, 9.17) is 11.0 Å². The van der Waals surface area contributed by atoms with E-state index in [0.29, 0.717) is 0 Å². The van der Waals surface area contributed by atoms with Crippen LogP contribution >= 0.6 is 0 Å². The van der Waals surface area contributed by atoms with Crippen LogP contribution in [0.1, 0.15) is 0 Å². The molecule has 2 N–H and O–H groups in total. The molecule has 0 saturated heterocycles. The minimum atomic E-state index is -0.255. The van der Waals surface area contributed by atoms with Gasteiger partial charge in [-0.2, -0.15) is 10.4 Å². The van der Waals surface area contributed by atoms with Gasteiger partial charge in [-0.05, 0) is 0 Å². The highest BCUT2D eigenvalue weighted by atomic mass is 15.5. The van der Waals surface area contributed by atoms with Gasteiger partial charge in [0.05, 0.1) is 6.07 Å². The van der Waals surface area contributed by atoms with Gasteiger partial charge in [0.25, 0.3) is 0 Å². The number of nitrogens with two attached hydrogens (primary N) is 1. The number of nitriles is 1. The first-order chi connectivity index (χ1) is 4.25. The topological polar surface area (TPSA) is 65.4 Å². The molecule has 48 valence electrons. The van der Waals surface area contributed by atoms with E-state index < -0.39 is 0 Å². The summed E-state index contributed by atoms with van der Waals surface area (Å²) in [5.74, 6) is -0.241. The van der Waals surface area contributed by atoms with Crippen molar-refractivity contribution in [1.29, 1.82) is 5.26 Å². The Bertz CT molecular complexity index is 168. The normalized spacial score (nSPS) is 32.8. The van der Waals surface area contributed by atoms with Crippen LogP contribution in [0.3, 0.4) is 0 Å². The predicted octanol–water partition coefficient (Wildman–Crippen LogP) is -0.658. The van der Waals surface area contributed by atoms with E-state index in [2.05, 4.69) is 5.10 Å². The van der Waals surface area contributed by atoms with Crippen LogP contribution in [0, 0.1) is 17.2 Å². The standard InChI is InChI=1S/C5H8N4/c1-9-5(7)4(2-6)3-8-9/h3-5H,7H2,1H3/t4-,5+/m0/s1. The van der Waals surface area contributed by atoms with Crippen LogP contribution < -0.4 is 5.73 Å². The highest BCUT2D eigenvalue weighted by Gasteiger charge is 2.23. The maximum Gasteiger partial charge on any atom is 0.118 e. The highest BCUT2D eigenvalue weighted by Crippen LogP contribution is 2.08. The fourth-order valence-corrected chi connectivity index (χ4v) is 0.684. The second-order valence-corrected chi connectivity index (χ2v) is 1.98. The monoisotopic (exact) mass is 124 g/mol. The summed E-state index contributed by atoms with van der Waals surface area (Å²) in [6.07, 6.45) is 1.31. The summed E-state index contributed by atoms with van der Waals surface area (Å²) in [6, 6.07) is 2.03. The summed E-state index contributed by atoms with van der Waals surface area (Å²) < 4.78 is 0. The van der Waals surface area contributed by atoms with E-state index in [0.717, 1.165) is 0 Å². The van der Waals surface area contributed by atoms with Gasteiger partial charge in [-0.25, -0.2) is 0 Å². The first kappa shape index (κ1) is 6.05. The maximum atomic E-state index is 8.41. The van der Waals surface area contributed by atoms with Gasteiger partial charge >= 0.3 is 0 Å². The van der Waals surface area contributed by atoms with Gasteiger partial charge in [0.15, 0.2) is 0 Å². The molecule has 1 rings (SSSR count). The van der Waals surface area contributed by atoms with Gasteiger partial charge in [0, 0.05) is 13.3 Å². The van der Waals surface area contributed by atoms with Crippen molar-refractivity contribution in [3.05, 3.63) is 0 Å². The molecule has 1 aliphatic heterocycles. The van der Waals surface area contributed by atoms with E-state index in [1.165, 1.54) is 0 Å². The van der Waals surface area contributed by atoms with Crippen molar-refractivity contribution in [3.63, 3.8) is 0 Å². The van der Waals surface area contributed by atoms with Crippen molar-refractivity contribution in [2.45, 2.75) is 6.17 Å². The van der Waals surface area contributed by atoms with Crippen LogP contribution in [0.2, 0.25) is 0 Å². The lowest BCUT2D eigenvalue weighted by atomic mass is 10.1. The average Bonchev–Trinajstić information content (AvgIpc) is 2.15. The summed E-state index contributed by atoms with van der Waals surface area (Å²) in [6.45, 7) is 0. The smallest absolute Gasteiger partial charge is 0.118 e. The van der Waals surface area contributed by atoms with E-state index in [-0.39, 0.29) is 12.1 Å². The third-order valence-corrected chi connectivity index (χ3v) is 1.36. The van der Waals surface area contributed by atoms with E-state index in [1.54, 1.807) is 18.3 Å². The van der Waals surface area contributed by atoms with Crippen molar-refractivity contribution in [2.24, 2.45) is 16.8 Å². The van der Waals surface area contributed by atoms with Gasteiger partial charge in [0.2, 0.25) is 0 Å². The molecule has 0 amide bonds. The second-order valence-electron chi connectivity index (χ2n) is 1.98. The quantitative estimate of drug-likeness (QED) is 0.466. The zero-order valence-corrected chi connectivity index (χ0v) is 5.15. The van der Waals surface area contributed by atoms with Crippen LogP contribution in [-0.4, -0.2) is 24.4 Å². The maximum absolute atomic E-state index is 8.41. The lowest BCUT2D eigenvalue weighted by Gasteiger charge is -2.14. The Kier molecular flexibility index (Phi) is 1.37. The molecule has 9 heavy (non-hydrogen) atoms. The minimum absolute atomic E-state index is 0.241. The van der Waals surface area contributed by atoms with Crippen molar-refractivity contribution in [2.75, 3.05) is 7.05 Å². The average molecular weight is 124 g/mol. The molecule has 0 unspecified atom stereocenters. The summed E-state index contributed by atoms with van der Waals surface area (Å²) >= 11 is 0. The molecule has 0 fully saturated rings. The summed E-state index contributed by atoms with van der Waals surface area (Å²) in [7, 11) is 1.75. The Morgan fingerprint density at radius 1 is 1.89 bits per heavy atom. The zero-order valence-electron chi connectivity index (χ0n) is 5.15. The SMILES string of the molecule is CN1N=C[C@H](C#N)[C@@H]1N. The van der Waals surface area contributed by atoms with Crippen molar-refractivity contribution in [1.82, 2.24) is 5.01 Å². The summed E-state index contributed by atoms with van der Waals surface area (Å²) in [5, 5.41) is 13.8. The fraction of sp³-hybridized carbons (Fsp3) is 0.600. The molecule has 1 aliphatic rings. The van der Waals surface area contributed by atoms with Crippen LogP contribution in [0.15, 0.2) is 5.10 Å². The third-order valence-electron chi connectivity index (χ3n) is 1.36. The predicted molar refractivity (Wildman–Crippen MR) is 33.3 cm³/mol. The largest absolute Gasteiger partial charge is 0.309 e. The number of rotatable bonds is 0. The summed E-state index contributed by atoms with van der Waals surface area (Å²) in [5.41, 5.74) is 5.51. The zero-order chi connectivity index (χ0) is 6.85.